The molecule has 2 N–H and O–H groups in total. The van der Waals surface area contributed by atoms with E-state index in [-0.39, 0.29) is 67.0 Å². The molecule has 4 rings (SSSR count). The van der Waals surface area contributed by atoms with E-state index in [1.54, 1.807) is 36.9 Å². The van der Waals surface area contributed by atoms with Crippen molar-refractivity contribution < 1.29 is 28.6 Å². The Morgan fingerprint density at radius 1 is 1.11 bits per heavy atom. The second-order valence-electron chi connectivity index (χ2n) is 9.73. The molecule has 0 spiro atoms. The van der Waals surface area contributed by atoms with Gasteiger partial charge in [-0.1, -0.05) is 13.8 Å². The Kier molecular flexibility index (Phi) is 8.37. The van der Waals surface area contributed by atoms with Gasteiger partial charge in [-0.15, -0.1) is 12.4 Å². The van der Waals surface area contributed by atoms with Crippen LogP contribution in [-0.4, -0.2) is 60.4 Å². The number of rotatable bonds is 9. The molecule has 2 aliphatic rings. The fourth-order valence-electron chi connectivity index (χ4n) is 4.95. The van der Waals surface area contributed by atoms with Crippen LogP contribution in [0.3, 0.4) is 0 Å². The number of nitrogens with zero attached hydrogens (tertiary/aromatic N) is 2. The first kappa shape index (κ1) is 28.2. The third kappa shape index (κ3) is 5.37. The highest BCUT2D eigenvalue weighted by molar-refractivity contribution is 6.06. The molecule has 0 fully saturated rings. The van der Waals surface area contributed by atoms with Gasteiger partial charge in [0.2, 0.25) is 0 Å². The number of ether oxygens (including phenoxy) is 2. The summed E-state index contributed by atoms with van der Waals surface area (Å²) in [5.74, 6) is -1.53. The van der Waals surface area contributed by atoms with Crippen molar-refractivity contribution in [1.82, 2.24) is 4.90 Å². The van der Waals surface area contributed by atoms with Gasteiger partial charge in [0.05, 0.1) is 25.3 Å². The van der Waals surface area contributed by atoms with Crippen molar-refractivity contribution in [1.29, 1.82) is 5.41 Å². The molecule has 2 heterocycles. The predicted molar refractivity (Wildman–Crippen MR) is 141 cm³/mol. The van der Waals surface area contributed by atoms with E-state index in [9.17, 15) is 14.7 Å². The number of carbonyl (C=O) groups is 2. The number of Topliss-reactive ketones (excluding diaryl/α,β-unsaturated/α-hetero) is 1. The molecule has 37 heavy (non-hydrogen) atoms. The lowest BCUT2D eigenvalue weighted by Crippen LogP contribution is -2.40. The zero-order valence-corrected chi connectivity index (χ0v) is 22.3. The highest BCUT2D eigenvalue weighted by Gasteiger charge is 2.35. The maximum atomic E-state index is 15.3. The number of carbonyl (C=O) groups excluding carboxylic acids is 1. The molecule has 0 unspecified atom stereocenters. The smallest absolute Gasteiger partial charge is 0.323 e. The molecule has 0 amide bonds. The summed E-state index contributed by atoms with van der Waals surface area (Å²) in [6.07, 6.45) is 0.764. The molecule has 0 saturated heterocycles. The van der Waals surface area contributed by atoms with E-state index in [0.717, 1.165) is 17.7 Å². The summed E-state index contributed by atoms with van der Waals surface area (Å²) in [6.45, 7) is 8.97. The number of benzene rings is 2. The van der Waals surface area contributed by atoms with E-state index >= 15 is 4.39 Å². The molecule has 10 heteroatoms. The lowest BCUT2D eigenvalue weighted by molar-refractivity contribution is -0.135. The molecule has 0 saturated carbocycles. The summed E-state index contributed by atoms with van der Waals surface area (Å²) in [6, 6.07) is 7.02. The van der Waals surface area contributed by atoms with Gasteiger partial charge in [0.25, 0.3) is 0 Å². The molecule has 0 aromatic heterocycles. The summed E-state index contributed by atoms with van der Waals surface area (Å²) in [5, 5.41) is 17.8. The fraction of sp³-hybridized carbons (Fsp3) is 0.444. The van der Waals surface area contributed by atoms with Crippen LogP contribution in [0.15, 0.2) is 24.3 Å². The molecule has 0 atom stereocenters. The van der Waals surface area contributed by atoms with Crippen LogP contribution in [0.1, 0.15) is 61.2 Å². The number of hydrogen-bond donors (Lipinski definition) is 2. The van der Waals surface area contributed by atoms with Crippen LogP contribution >= 0.6 is 12.4 Å². The maximum Gasteiger partial charge on any atom is 0.323 e. The minimum Gasteiger partial charge on any atom is -0.490 e. The third-order valence-electron chi connectivity index (χ3n) is 6.83. The fourth-order valence-corrected chi connectivity index (χ4v) is 4.95. The highest BCUT2D eigenvalue weighted by atomic mass is 35.5. The standard InChI is InChI=1S/C27H32FN3O5.ClH/c1-5-35-21-12-17-13-31(26(29)23(17)24(28)25(21)36-6-2)14-20(32)16-7-8-19-18(11-16)27(3,4)9-10-30(19)15-22(33)34;/h7-8,11-12,29H,5-6,9-10,13-15H2,1-4H3,(H,33,34);1H. The van der Waals surface area contributed by atoms with Gasteiger partial charge in [-0.05, 0) is 61.1 Å². The lowest BCUT2D eigenvalue weighted by Gasteiger charge is -2.39. The van der Waals surface area contributed by atoms with Gasteiger partial charge in [-0.25, -0.2) is 4.39 Å². The van der Waals surface area contributed by atoms with Crippen molar-refractivity contribution in [3.8, 4) is 11.5 Å². The number of aliphatic carboxylic acids is 1. The zero-order chi connectivity index (χ0) is 26.2. The van der Waals surface area contributed by atoms with Gasteiger partial charge in [-0.3, -0.25) is 15.0 Å². The Morgan fingerprint density at radius 3 is 2.46 bits per heavy atom. The molecule has 2 aromatic carbocycles. The number of anilines is 1. The van der Waals surface area contributed by atoms with Crippen LogP contribution in [0.5, 0.6) is 11.5 Å². The van der Waals surface area contributed by atoms with Crippen molar-refractivity contribution >= 4 is 35.7 Å². The Hall–Kier alpha value is -3.33. The number of carboxylic acids is 1. The molecular weight excluding hydrogens is 501 g/mol. The molecular formula is C27H33ClFN3O5. The van der Waals surface area contributed by atoms with Crippen molar-refractivity contribution in [3.05, 3.63) is 52.3 Å². The zero-order valence-electron chi connectivity index (χ0n) is 21.5. The Bertz CT molecular complexity index is 1230. The molecule has 0 aliphatic carbocycles. The van der Waals surface area contributed by atoms with Crippen LogP contribution in [-0.2, 0) is 16.8 Å². The molecule has 0 radical (unpaired) electrons. The molecule has 200 valence electrons. The second kappa shape index (κ2) is 11.0. The number of halogens is 2. The van der Waals surface area contributed by atoms with Crippen LogP contribution in [0.25, 0.3) is 0 Å². The minimum atomic E-state index is -0.903. The van der Waals surface area contributed by atoms with Crippen LogP contribution < -0.4 is 14.4 Å². The van der Waals surface area contributed by atoms with E-state index in [1.165, 1.54) is 0 Å². The first-order chi connectivity index (χ1) is 17.1. The van der Waals surface area contributed by atoms with Crippen molar-refractivity contribution in [2.24, 2.45) is 0 Å². The summed E-state index contributed by atoms with van der Waals surface area (Å²) in [5.41, 5.74) is 2.72. The number of carboxylic acid groups (broad SMARTS) is 1. The molecule has 2 aromatic rings. The summed E-state index contributed by atoms with van der Waals surface area (Å²) >= 11 is 0. The van der Waals surface area contributed by atoms with Crippen LogP contribution in [0.2, 0.25) is 0 Å². The first-order valence-electron chi connectivity index (χ1n) is 12.2. The summed E-state index contributed by atoms with van der Waals surface area (Å²) in [4.78, 5) is 28.0. The topological polar surface area (TPSA) is 103 Å². The SMILES string of the molecule is CCOc1cc2c(c(F)c1OCC)C(=N)N(CC(=O)c1ccc3c(c1)C(C)(C)CCN3CC(=O)O)C2.Cl. The number of hydrogen-bond acceptors (Lipinski definition) is 6. The highest BCUT2D eigenvalue weighted by Crippen LogP contribution is 2.41. The molecule has 8 nitrogen and oxygen atoms in total. The van der Waals surface area contributed by atoms with Gasteiger partial charge in [0, 0.05) is 24.3 Å². The Labute approximate surface area is 222 Å². The summed E-state index contributed by atoms with van der Waals surface area (Å²) in [7, 11) is 0. The predicted octanol–water partition coefficient (Wildman–Crippen LogP) is 4.64. The number of fused-ring (bicyclic) bond motifs is 2. The monoisotopic (exact) mass is 533 g/mol. The maximum absolute atomic E-state index is 15.3. The van der Waals surface area contributed by atoms with Crippen LogP contribution in [0, 0.1) is 11.2 Å². The quantitative estimate of drug-likeness (QED) is 0.452. The van der Waals surface area contributed by atoms with E-state index in [0.29, 0.717) is 30.0 Å². The Balaban J connectivity index is 0.00000380. The van der Waals surface area contributed by atoms with Gasteiger partial charge in [0.15, 0.2) is 23.1 Å². The third-order valence-corrected chi connectivity index (χ3v) is 6.83. The van der Waals surface area contributed by atoms with E-state index in [4.69, 9.17) is 14.9 Å². The van der Waals surface area contributed by atoms with Gasteiger partial charge < -0.3 is 24.4 Å². The normalized spacial score (nSPS) is 15.5. The van der Waals surface area contributed by atoms with Crippen molar-refractivity contribution in [2.75, 3.05) is 37.7 Å². The van der Waals surface area contributed by atoms with Crippen LogP contribution in [0.4, 0.5) is 10.1 Å². The lowest BCUT2D eigenvalue weighted by atomic mass is 9.77. The number of nitrogens with one attached hydrogen (secondary N) is 1. The van der Waals surface area contributed by atoms with E-state index in [1.807, 2.05) is 11.0 Å². The number of amidine groups is 1. The van der Waals surface area contributed by atoms with Gasteiger partial charge in [-0.2, -0.15) is 0 Å². The largest absolute Gasteiger partial charge is 0.490 e. The minimum absolute atomic E-state index is 0. The van der Waals surface area contributed by atoms with Crippen molar-refractivity contribution in [2.45, 2.75) is 46.1 Å². The second-order valence-corrected chi connectivity index (χ2v) is 9.73. The van der Waals surface area contributed by atoms with Gasteiger partial charge >= 0.3 is 5.97 Å². The van der Waals surface area contributed by atoms with E-state index < -0.39 is 11.8 Å². The number of ketones is 1. The summed E-state index contributed by atoms with van der Waals surface area (Å²) < 4.78 is 26.3. The molecule has 2 aliphatic heterocycles. The average Bonchev–Trinajstić information content (AvgIpc) is 3.13. The Morgan fingerprint density at radius 2 is 1.81 bits per heavy atom. The van der Waals surface area contributed by atoms with Gasteiger partial charge in [0.1, 0.15) is 12.4 Å². The molecule has 0 bridgehead atoms. The average molecular weight is 534 g/mol. The van der Waals surface area contributed by atoms with Crippen molar-refractivity contribution in [3.63, 3.8) is 0 Å². The van der Waals surface area contributed by atoms with E-state index in [2.05, 4.69) is 13.8 Å². The first-order valence-corrected chi connectivity index (χ1v) is 12.2.